The SMILES string of the molecule is C[C@@H]1CN(Cc2cccc(OC(F)F)c2)C[C@H]1c1nc2c(cnn2C2CCCC2)c(=O)[nH]1. The molecule has 0 spiro atoms. The van der Waals surface area contributed by atoms with Crippen LogP contribution in [0.5, 0.6) is 5.75 Å². The number of nitrogens with zero attached hydrogens (tertiary/aromatic N) is 4. The van der Waals surface area contributed by atoms with Crippen LogP contribution in [0, 0.1) is 5.92 Å². The first-order valence-corrected chi connectivity index (χ1v) is 11.2. The number of nitrogens with one attached hydrogen (secondary N) is 1. The fraction of sp³-hybridized carbons (Fsp3) is 0.522. The lowest BCUT2D eigenvalue weighted by molar-refractivity contribution is -0.0499. The van der Waals surface area contributed by atoms with Crippen LogP contribution < -0.4 is 10.3 Å². The van der Waals surface area contributed by atoms with Gasteiger partial charge in [-0.3, -0.25) is 9.69 Å². The van der Waals surface area contributed by atoms with Crippen molar-refractivity contribution in [2.24, 2.45) is 5.92 Å². The molecule has 1 aliphatic heterocycles. The van der Waals surface area contributed by atoms with Gasteiger partial charge in [0.15, 0.2) is 5.65 Å². The predicted octanol–water partition coefficient (Wildman–Crippen LogP) is 4.07. The van der Waals surface area contributed by atoms with E-state index in [4.69, 9.17) is 4.98 Å². The van der Waals surface area contributed by atoms with E-state index in [-0.39, 0.29) is 17.2 Å². The van der Waals surface area contributed by atoms with E-state index in [1.807, 2.05) is 10.7 Å². The van der Waals surface area contributed by atoms with E-state index in [9.17, 15) is 13.6 Å². The van der Waals surface area contributed by atoms with Crippen molar-refractivity contribution in [2.75, 3.05) is 13.1 Å². The number of H-pyrrole nitrogens is 1. The van der Waals surface area contributed by atoms with Crippen LogP contribution in [-0.4, -0.2) is 44.3 Å². The molecular weight excluding hydrogens is 416 g/mol. The Balaban J connectivity index is 1.36. The average Bonchev–Trinajstić information content (AvgIpc) is 3.47. The smallest absolute Gasteiger partial charge is 0.387 e. The van der Waals surface area contributed by atoms with Crippen LogP contribution in [0.3, 0.4) is 0 Å². The van der Waals surface area contributed by atoms with Crippen molar-refractivity contribution < 1.29 is 13.5 Å². The van der Waals surface area contributed by atoms with Gasteiger partial charge in [0.25, 0.3) is 5.56 Å². The Hall–Kier alpha value is -2.81. The zero-order valence-corrected chi connectivity index (χ0v) is 18.0. The van der Waals surface area contributed by atoms with Gasteiger partial charge < -0.3 is 9.72 Å². The number of hydrogen-bond donors (Lipinski definition) is 1. The van der Waals surface area contributed by atoms with Crippen molar-refractivity contribution >= 4 is 11.0 Å². The zero-order valence-electron chi connectivity index (χ0n) is 18.0. The number of aromatic nitrogens is 4. The Morgan fingerprint density at radius 3 is 2.84 bits per heavy atom. The normalized spacial score (nSPS) is 22.4. The summed E-state index contributed by atoms with van der Waals surface area (Å²) in [4.78, 5) is 22.9. The van der Waals surface area contributed by atoms with E-state index < -0.39 is 6.61 Å². The van der Waals surface area contributed by atoms with E-state index in [0.29, 0.717) is 35.4 Å². The number of ether oxygens (including phenoxy) is 1. The molecule has 2 atom stereocenters. The summed E-state index contributed by atoms with van der Waals surface area (Å²) in [5.41, 5.74) is 1.45. The molecule has 32 heavy (non-hydrogen) atoms. The minimum atomic E-state index is -2.84. The minimum absolute atomic E-state index is 0.0829. The average molecular weight is 443 g/mol. The van der Waals surface area contributed by atoms with Crippen LogP contribution >= 0.6 is 0 Å². The van der Waals surface area contributed by atoms with Gasteiger partial charge in [0, 0.05) is 25.6 Å². The summed E-state index contributed by atoms with van der Waals surface area (Å²) in [5, 5.41) is 5.02. The number of aromatic amines is 1. The lowest BCUT2D eigenvalue weighted by Crippen LogP contribution is -2.21. The third-order valence-electron chi connectivity index (χ3n) is 6.72. The highest BCUT2D eigenvalue weighted by Crippen LogP contribution is 2.33. The van der Waals surface area contributed by atoms with Crippen LogP contribution in [0.4, 0.5) is 8.78 Å². The van der Waals surface area contributed by atoms with Gasteiger partial charge in [-0.2, -0.15) is 13.9 Å². The zero-order chi connectivity index (χ0) is 22.2. The molecule has 3 aromatic rings. The molecule has 7 nitrogen and oxygen atoms in total. The maximum Gasteiger partial charge on any atom is 0.387 e. The Morgan fingerprint density at radius 2 is 2.06 bits per heavy atom. The van der Waals surface area contributed by atoms with Gasteiger partial charge in [-0.25, -0.2) is 9.67 Å². The van der Waals surface area contributed by atoms with Crippen molar-refractivity contribution in [3.05, 3.63) is 52.2 Å². The van der Waals surface area contributed by atoms with Crippen LogP contribution in [0.15, 0.2) is 35.3 Å². The molecule has 2 aliphatic rings. The Bertz CT molecular complexity index is 1150. The van der Waals surface area contributed by atoms with E-state index in [0.717, 1.165) is 31.5 Å². The fourth-order valence-electron chi connectivity index (χ4n) is 5.18. The fourth-order valence-corrected chi connectivity index (χ4v) is 5.18. The number of rotatable bonds is 6. The summed E-state index contributed by atoms with van der Waals surface area (Å²) < 4.78 is 31.5. The standard InChI is InChI=1S/C23H27F2N5O2/c1-14-11-29(12-15-5-4-8-17(9-15)32-23(24)25)13-19(14)20-27-21-18(22(31)28-20)10-26-30(21)16-6-2-3-7-16/h4-5,8-10,14,16,19,23H,2-3,6-7,11-13H2,1H3,(H,27,28,31)/t14-,19-/m1/s1. The number of fused-ring (bicyclic) bond motifs is 1. The second-order valence-corrected chi connectivity index (χ2v) is 9.02. The van der Waals surface area contributed by atoms with Crippen molar-refractivity contribution in [3.8, 4) is 5.75 Å². The molecule has 0 radical (unpaired) electrons. The summed E-state index contributed by atoms with van der Waals surface area (Å²) in [7, 11) is 0. The van der Waals surface area contributed by atoms with Gasteiger partial charge >= 0.3 is 6.61 Å². The molecule has 3 heterocycles. The van der Waals surface area contributed by atoms with E-state index >= 15 is 0 Å². The summed E-state index contributed by atoms with van der Waals surface area (Å²) in [5.74, 6) is 1.24. The van der Waals surface area contributed by atoms with Crippen LogP contribution in [-0.2, 0) is 6.54 Å². The predicted molar refractivity (Wildman–Crippen MR) is 116 cm³/mol. The first-order valence-electron chi connectivity index (χ1n) is 11.2. The molecule has 2 aromatic heterocycles. The summed E-state index contributed by atoms with van der Waals surface area (Å²) >= 11 is 0. The molecule has 9 heteroatoms. The topological polar surface area (TPSA) is 76.0 Å². The van der Waals surface area contributed by atoms with Crippen molar-refractivity contribution in [1.29, 1.82) is 0 Å². The molecule has 0 amide bonds. The Labute approximate surface area is 184 Å². The molecule has 1 aliphatic carbocycles. The van der Waals surface area contributed by atoms with E-state index in [1.165, 1.54) is 18.9 Å². The van der Waals surface area contributed by atoms with Crippen molar-refractivity contribution in [2.45, 2.75) is 57.7 Å². The number of alkyl halides is 2. The summed E-state index contributed by atoms with van der Waals surface area (Å²) in [6, 6.07) is 7.12. The van der Waals surface area contributed by atoms with Gasteiger partial charge in [0.2, 0.25) is 0 Å². The first kappa shape index (κ1) is 21.1. The maximum absolute atomic E-state index is 12.8. The van der Waals surface area contributed by atoms with Gasteiger partial charge in [0.1, 0.15) is 17.0 Å². The molecule has 170 valence electrons. The molecule has 0 unspecified atom stereocenters. The van der Waals surface area contributed by atoms with Gasteiger partial charge in [-0.15, -0.1) is 0 Å². The van der Waals surface area contributed by atoms with Gasteiger partial charge in [-0.05, 0) is 36.5 Å². The first-order chi connectivity index (χ1) is 15.5. The van der Waals surface area contributed by atoms with Crippen molar-refractivity contribution in [3.63, 3.8) is 0 Å². The number of hydrogen-bond acceptors (Lipinski definition) is 5. The number of likely N-dealkylation sites (tertiary alicyclic amines) is 1. The van der Waals surface area contributed by atoms with Crippen molar-refractivity contribution in [1.82, 2.24) is 24.6 Å². The molecular formula is C23H27F2N5O2. The third-order valence-corrected chi connectivity index (χ3v) is 6.72. The molecule has 1 aromatic carbocycles. The van der Waals surface area contributed by atoms with Crippen LogP contribution in [0.2, 0.25) is 0 Å². The summed E-state index contributed by atoms with van der Waals surface area (Å²) in [6.45, 7) is 1.49. The minimum Gasteiger partial charge on any atom is -0.435 e. The Kier molecular flexibility index (Phi) is 5.67. The highest BCUT2D eigenvalue weighted by Gasteiger charge is 2.33. The molecule has 1 saturated heterocycles. The second kappa shape index (κ2) is 8.61. The number of halogens is 2. The van der Waals surface area contributed by atoms with E-state index in [1.54, 1.807) is 18.3 Å². The van der Waals surface area contributed by atoms with Gasteiger partial charge in [-0.1, -0.05) is 31.9 Å². The molecule has 0 bridgehead atoms. The van der Waals surface area contributed by atoms with E-state index in [2.05, 4.69) is 26.6 Å². The highest BCUT2D eigenvalue weighted by molar-refractivity contribution is 5.73. The highest BCUT2D eigenvalue weighted by atomic mass is 19.3. The van der Waals surface area contributed by atoms with Crippen LogP contribution in [0.25, 0.3) is 11.0 Å². The molecule has 2 fully saturated rings. The monoisotopic (exact) mass is 443 g/mol. The quantitative estimate of drug-likeness (QED) is 0.622. The summed E-state index contributed by atoms with van der Waals surface area (Å²) in [6.07, 6.45) is 6.13. The lowest BCUT2D eigenvalue weighted by Gasteiger charge is -2.17. The number of benzene rings is 1. The lowest BCUT2D eigenvalue weighted by atomic mass is 9.97. The Morgan fingerprint density at radius 1 is 1.25 bits per heavy atom. The van der Waals surface area contributed by atoms with Crippen LogP contribution in [0.1, 0.15) is 56.0 Å². The third kappa shape index (κ3) is 4.13. The molecule has 5 rings (SSSR count). The molecule has 1 N–H and O–H groups in total. The van der Waals surface area contributed by atoms with Gasteiger partial charge in [0.05, 0.1) is 12.2 Å². The molecule has 1 saturated carbocycles. The maximum atomic E-state index is 12.8. The second-order valence-electron chi connectivity index (χ2n) is 9.02. The largest absolute Gasteiger partial charge is 0.435 e.